The van der Waals surface area contributed by atoms with Gasteiger partial charge in [0.05, 0.1) is 19.7 Å². The van der Waals surface area contributed by atoms with Crippen LogP contribution in [0.3, 0.4) is 0 Å². The van der Waals surface area contributed by atoms with Gasteiger partial charge in [-0.1, -0.05) is 151 Å². The Morgan fingerprint density at radius 1 is 0.349 bits per heavy atom. The van der Waals surface area contributed by atoms with Crippen LogP contribution >= 0.6 is 11.6 Å². The van der Waals surface area contributed by atoms with Crippen LogP contribution in [0.25, 0.3) is 0 Å². The van der Waals surface area contributed by atoms with Crippen LogP contribution in [0.2, 0.25) is 0 Å². The number of phenolic OH excluding ortho intramolecular Hbond substituents is 3. The third-order valence-electron chi connectivity index (χ3n) is 18.0. The van der Waals surface area contributed by atoms with Crippen molar-refractivity contribution in [3.8, 4) is 23.0 Å². The molecule has 0 fully saturated rings. The van der Waals surface area contributed by atoms with E-state index in [-0.39, 0.29) is 129 Å². The second-order valence-corrected chi connectivity index (χ2v) is 32.2. The molecule has 0 saturated heterocycles. The first-order valence-electron chi connectivity index (χ1n) is 47.7. The minimum absolute atomic E-state index is 0. The summed E-state index contributed by atoms with van der Waals surface area (Å²) in [6.07, 6.45) is 28.2. The number of aryl methyl sites for hydroxylation is 4. The number of benzene rings is 4. The lowest BCUT2D eigenvalue weighted by Crippen LogP contribution is -2.28. The van der Waals surface area contributed by atoms with Crippen molar-refractivity contribution in [2.45, 2.75) is 235 Å². The van der Waals surface area contributed by atoms with Gasteiger partial charge >= 0.3 is 41.9 Å². The Morgan fingerprint density at radius 3 is 0.822 bits per heavy atom. The van der Waals surface area contributed by atoms with Gasteiger partial charge in [-0.3, -0.25) is 62.3 Å². The number of aliphatic carboxylic acids is 3. The van der Waals surface area contributed by atoms with Crippen LogP contribution in [0.15, 0.2) is 231 Å². The van der Waals surface area contributed by atoms with Crippen LogP contribution in [-0.4, -0.2) is 216 Å². The van der Waals surface area contributed by atoms with Gasteiger partial charge < -0.3 is 92.3 Å². The minimum Gasteiger partial charge on any atom is -0.508 e. The summed E-state index contributed by atoms with van der Waals surface area (Å²) in [6, 6.07) is 27.1. The first-order valence-corrected chi connectivity index (χ1v) is 48.0. The fourth-order valence-corrected chi connectivity index (χ4v) is 9.85. The number of aliphatic hydroxyl groups is 1. The van der Waals surface area contributed by atoms with Crippen LogP contribution in [-0.2, 0) is 112 Å². The van der Waals surface area contributed by atoms with E-state index in [4.69, 9.17) is 72.0 Å². The average Bonchev–Trinajstić information content (AvgIpc) is 0.879. The zero-order valence-corrected chi connectivity index (χ0v) is 87.2. The molecule has 0 unspecified atom stereocenters. The van der Waals surface area contributed by atoms with Gasteiger partial charge in [0.1, 0.15) is 42.8 Å². The number of hydrogen-bond donors (Lipinski definition) is 14. The number of halogens is 1. The summed E-state index contributed by atoms with van der Waals surface area (Å²) in [5.41, 5.74) is 12.3. The molecule has 146 heavy (non-hydrogen) atoms. The highest BCUT2D eigenvalue weighted by molar-refractivity contribution is 6.63. The molecule has 0 radical (unpaired) electrons. The zero-order valence-electron chi connectivity index (χ0n) is 86.5. The summed E-state index contributed by atoms with van der Waals surface area (Å²) in [4.78, 5) is 178. The zero-order chi connectivity index (χ0) is 112. The van der Waals surface area contributed by atoms with Crippen LogP contribution in [0, 0.1) is 0 Å². The van der Waals surface area contributed by atoms with E-state index in [0.29, 0.717) is 149 Å². The fourth-order valence-electron chi connectivity index (χ4n) is 9.72. The first kappa shape index (κ1) is 144. The summed E-state index contributed by atoms with van der Waals surface area (Å²) < 4.78 is 19.8. The number of carbonyl (C=O) groups excluding carboxylic acids is 13. The number of hydrogen-bond acceptors (Lipinski definition) is 27. The molecule has 0 aliphatic rings. The Kier molecular flexibility index (Phi) is 102. The Balaban J connectivity index is -0.000000247. The Labute approximate surface area is 868 Å². The maximum atomic E-state index is 11.8. The lowest BCUT2D eigenvalue weighted by molar-refractivity contribution is -0.143. The molecule has 0 aliphatic heterocycles. The molecular weight excluding hydrogens is 1900 g/mol. The number of Topliss-reactive ketones (excluding diaryl/α,β-unsaturated/α-hetero) is 1. The second-order valence-electron chi connectivity index (χ2n) is 31.7. The number of phenols is 3. The van der Waals surface area contributed by atoms with Crippen molar-refractivity contribution in [1.82, 2.24) is 31.9 Å². The highest BCUT2D eigenvalue weighted by Gasteiger charge is 2.11. The van der Waals surface area contributed by atoms with Crippen molar-refractivity contribution in [2.75, 3.05) is 85.3 Å². The minimum atomic E-state index is -0.803. The highest BCUT2D eigenvalue weighted by atomic mass is 35.5. The number of carboxylic acids is 3. The van der Waals surface area contributed by atoms with Crippen LogP contribution in [0.1, 0.15) is 233 Å². The number of carbonyl (C=O) groups is 14. The Hall–Kier alpha value is -14.6. The summed E-state index contributed by atoms with van der Waals surface area (Å²) in [6.45, 7) is 52.4. The standard InChI is InChI=1S/C22H30N2O5.2C12H14O3.C10H16ClNO2.2C10H16N2O2.C10H17NO3.C9H10O3.C6H13NO2.C5H8O.C3H6O.H2/c1-4-16-28-20(25)13-10-18-8-11-19(12-9-18)29-22(27)24-15-7-5-6-14-23-21(26)17(2)3;2*1-2-9-15-12(14)8-5-10-3-6-11(13)7-4-10;1-8(2)10(14)12-7-5-3-4-6-9(11)13;2*1-9(2)10(14)12-7-5-3-4-6-11-8-13;1-8(2)10(14)11-7-5-3-4-6-9(12)13;10-8-4-1-7(2-5-8)3-6-9(11)12;7-5-3-1-2-4-6(8)9;1-4(2)5(3)6;1-2-3-4;/h4,8-9,11-12H,1-2,5-7,10,13-16H2,3H3,(H,23,26)(H,24,27);2*2-4,6-7,13H,1,5,8-9H2;3*1,3-7H2,2H3,(H,12,14);1,3-7H2,2H3,(H,11,14)(H,12,13);1-2,4-5,10H,3,6H2,(H,11,12);1-5,7H2,(H,8,9);1H2,2-3H3;2,4H,1,3H2;1H/i;;;;;;;;;;;1+1. The fraction of sp³-hybridized carbons (Fsp3) is 0.450. The van der Waals surface area contributed by atoms with Gasteiger partial charge in [-0.2, -0.15) is 0 Å². The van der Waals surface area contributed by atoms with Crippen molar-refractivity contribution >= 4 is 106 Å². The van der Waals surface area contributed by atoms with Crippen molar-refractivity contribution in [3.63, 3.8) is 0 Å². The number of nitrogens with zero attached hydrogens (tertiary/aromatic N) is 2. The molecule has 0 aromatic heterocycles. The largest absolute Gasteiger partial charge is 0.508 e. The number of allylic oxidation sites excluding steroid dienone is 1. The molecule has 0 atom stereocenters. The molecule has 4 rings (SSSR count). The van der Waals surface area contributed by atoms with E-state index >= 15 is 0 Å². The van der Waals surface area contributed by atoms with Gasteiger partial charge in [0, 0.05) is 114 Å². The maximum absolute atomic E-state index is 11.8. The molecule has 37 heteroatoms. The van der Waals surface area contributed by atoms with Crippen molar-refractivity contribution < 1.29 is 133 Å². The monoisotopic (exact) mass is 2070 g/mol. The average molecular weight is 2070 g/mol. The first-order chi connectivity index (χ1) is 69.3. The molecule has 0 spiro atoms. The van der Waals surface area contributed by atoms with Crippen LogP contribution in [0.5, 0.6) is 23.0 Å². The van der Waals surface area contributed by atoms with Gasteiger partial charge in [-0.05, 0) is 265 Å². The summed E-state index contributed by atoms with van der Waals surface area (Å²) in [5, 5.41) is 75.7. The smallest absolute Gasteiger partial charge is 0.412 e. The highest BCUT2D eigenvalue weighted by Crippen LogP contribution is 2.17. The van der Waals surface area contributed by atoms with Gasteiger partial charge in [0.15, 0.2) is 5.78 Å². The summed E-state index contributed by atoms with van der Waals surface area (Å²) in [7, 11) is 0. The van der Waals surface area contributed by atoms with Gasteiger partial charge in [-0.25, -0.2) is 24.4 Å². The van der Waals surface area contributed by atoms with Gasteiger partial charge in [0.25, 0.3) is 0 Å². The number of carboxylic acid groups (broad SMARTS) is 3. The van der Waals surface area contributed by atoms with Crippen molar-refractivity contribution in [3.05, 3.63) is 243 Å². The van der Waals surface area contributed by atoms with E-state index in [9.17, 15) is 76.7 Å². The van der Waals surface area contributed by atoms with E-state index in [1.54, 1.807) is 139 Å². The van der Waals surface area contributed by atoms with E-state index in [1.807, 2.05) is 12.1 Å². The molecule has 4 aromatic carbocycles. The Bertz CT molecular complexity index is 4360. The lowest BCUT2D eigenvalue weighted by Gasteiger charge is -2.08. The van der Waals surface area contributed by atoms with Crippen molar-refractivity contribution in [1.29, 1.82) is 0 Å². The van der Waals surface area contributed by atoms with E-state index in [1.165, 1.54) is 31.2 Å². The van der Waals surface area contributed by atoms with Crippen molar-refractivity contribution in [2.24, 2.45) is 15.7 Å². The number of ether oxygens (including phenoxy) is 4. The Morgan fingerprint density at radius 2 is 0.589 bits per heavy atom. The van der Waals surface area contributed by atoms with E-state index < -0.39 is 24.0 Å². The molecule has 0 saturated carbocycles. The van der Waals surface area contributed by atoms with E-state index in [0.717, 1.165) is 131 Å². The summed E-state index contributed by atoms with van der Waals surface area (Å²) in [5.74, 6) is -2.45. The molecule has 0 bridgehead atoms. The van der Waals surface area contributed by atoms with Crippen LogP contribution < -0.4 is 42.4 Å². The number of aliphatic imine (C=N–C) groups is 2. The number of aromatic hydroxyl groups is 3. The number of rotatable bonds is 61. The topological polar surface area (TPSA) is 575 Å². The van der Waals surface area contributed by atoms with E-state index in [2.05, 4.69) is 108 Å². The number of aliphatic hydroxyl groups excluding tert-OH is 1. The SMILES string of the molecule is C=C(C)C(=O)NCCCCCC(=O)Cl.C=C(C)C(=O)NCCCCCC(=O)O.C=C(C)C(=O)NCCCCCN=C=O.C=C(C)C(=O)NCCCCCN=C=O.C=C(C)C(C)=O.C=CCO.C=CCOC(=O)CCc1ccc(O)cc1.C=CCOC(=O)CCc1ccc(O)cc1.C=CCOC(=O)CCc1ccc(OC(=O)NCCCCCNC(=O)C(=C)C)cc1.NCCCCCC(=O)O.O=C(O)CCc1ccc(O)cc1.[2HH]. The molecule has 0 heterocycles. The normalized spacial score (nSPS) is 9.36. The quantitative estimate of drug-likeness (QED) is 0.00285. The second kappa shape index (κ2) is 103. The molecule has 15 N–H and O–H groups in total. The predicted molar refractivity (Wildman–Crippen MR) is 571 cm³/mol. The molecule has 812 valence electrons. The number of unbranched alkanes of at least 4 members (excludes halogenated alkanes) is 12. The summed E-state index contributed by atoms with van der Waals surface area (Å²) >= 11 is 5.16. The number of nitrogens with one attached hydrogen (secondary N) is 6. The lowest BCUT2D eigenvalue weighted by atomic mass is 10.1. The third kappa shape index (κ3) is 111. The number of isocyanates is 2. The number of nitrogens with two attached hydrogens (primary N) is 1. The van der Waals surface area contributed by atoms with Crippen LogP contribution in [0.4, 0.5) is 4.79 Å². The number of esters is 3. The number of ketones is 1. The third-order valence-corrected chi connectivity index (χ3v) is 18.2. The predicted octanol–water partition coefficient (Wildman–Crippen LogP) is 16.7. The molecule has 36 nitrogen and oxygen atoms in total. The molecule has 0 aliphatic carbocycles. The molecule has 6 amide bonds. The maximum Gasteiger partial charge on any atom is 0.412 e. The van der Waals surface area contributed by atoms with Gasteiger partial charge in [0.2, 0.25) is 46.9 Å². The molecule has 4 aromatic rings. The van der Waals surface area contributed by atoms with Gasteiger partial charge in [-0.15, -0.1) is 6.58 Å². The molecular formula is C109H162ClN9O27. The number of amides is 6.